The van der Waals surface area contributed by atoms with Gasteiger partial charge < -0.3 is 15.5 Å². The van der Waals surface area contributed by atoms with Gasteiger partial charge in [-0.2, -0.15) is 0 Å². The lowest BCUT2D eigenvalue weighted by molar-refractivity contribution is 0.116. The van der Waals surface area contributed by atoms with Gasteiger partial charge in [-0.1, -0.05) is 24.4 Å². The molecule has 0 spiro atoms. The smallest absolute Gasteiger partial charge is 0.319 e. The number of fused-ring (bicyclic) bond motifs is 1. The van der Waals surface area contributed by atoms with E-state index in [9.17, 15) is 9.18 Å². The Morgan fingerprint density at radius 2 is 2.14 bits per heavy atom. The van der Waals surface area contributed by atoms with E-state index < -0.39 is 5.82 Å². The summed E-state index contributed by atoms with van der Waals surface area (Å²) in [7, 11) is 0. The minimum Gasteiger partial charge on any atom is -0.319 e. The maximum atomic E-state index is 13.1. The van der Waals surface area contributed by atoms with E-state index in [0.29, 0.717) is 18.3 Å². The summed E-state index contributed by atoms with van der Waals surface area (Å²) >= 11 is 5.74. The van der Waals surface area contributed by atoms with Gasteiger partial charge >= 0.3 is 6.03 Å². The summed E-state index contributed by atoms with van der Waals surface area (Å²) in [5.74, 6) is -0.482. The summed E-state index contributed by atoms with van der Waals surface area (Å²) in [6.45, 7) is 1.51. The largest absolute Gasteiger partial charge is 0.322 e. The third-order valence-corrected chi connectivity index (χ3v) is 4.61. The van der Waals surface area contributed by atoms with Gasteiger partial charge in [-0.25, -0.2) is 9.18 Å². The highest BCUT2D eigenvalue weighted by molar-refractivity contribution is 6.31. The van der Waals surface area contributed by atoms with E-state index in [0.717, 1.165) is 25.8 Å². The first-order valence-corrected chi connectivity index (χ1v) is 7.79. The van der Waals surface area contributed by atoms with Crippen molar-refractivity contribution in [2.75, 3.05) is 18.4 Å². The number of benzene rings is 1. The molecule has 2 fully saturated rings. The molecule has 1 saturated carbocycles. The number of nitrogens with one attached hydrogen (secondary N) is 2. The predicted octanol–water partition coefficient (Wildman–Crippen LogP) is 3.65. The van der Waals surface area contributed by atoms with Crippen LogP contribution in [0.15, 0.2) is 18.2 Å². The molecule has 2 atom stereocenters. The molecule has 3 rings (SSSR count). The maximum Gasteiger partial charge on any atom is 0.322 e. The Balaban J connectivity index is 0.00000176. The fraction of sp³-hybridized carbons (Fsp3) is 0.533. The molecule has 1 aromatic rings. The maximum absolute atomic E-state index is 13.1. The molecule has 1 aromatic carbocycles. The summed E-state index contributed by atoms with van der Waals surface area (Å²) < 4.78 is 13.1. The second-order valence-electron chi connectivity index (χ2n) is 5.66. The predicted molar refractivity (Wildman–Crippen MR) is 88.4 cm³/mol. The average Bonchev–Trinajstić information content (AvgIpc) is 2.50. The number of piperazine rings is 1. The summed E-state index contributed by atoms with van der Waals surface area (Å²) in [6.07, 6.45) is 4.54. The third kappa shape index (κ3) is 3.65. The van der Waals surface area contributed by atoms with E-state index in [4.69, 9.17) is 11.6 Å². The highest BCUT2D eigenvalue weighted by atomic mass is 35.5. The number of amides is 2. The molecular weight excluding hydrogens is 328 g/mol. The van der Waals surface area contributed by atoms with Gasteiger partial charge in [0.1, 0.15) is 5.82 Å². The second kappa shape index (κ2) is 7.49. The van der Waals surface area contributed by atoms with Crippen LogP contribution in [0.4, 0.5) is 14.9 Å². The lowest BCUT2D eigenvalue weighted by Gasteiger charge is -2.44. The van der Waals surface area contributed by atoms with Gasteiger partial charge in [0.05, 0.1) is 5.02 Å². The van der Waals surface area contributed by atoms with Gasteiger partial charge in [0.25, 0.3) is 0 Å². The van der Waals surface area contributed by atoms with Crippen molar-refractivity contribution >= 4 is 35.7 Å². The second-order valence-corrected chi connectivity index (χ2v) is 6.07. The Hall–Kier alpha value is -1.04. The molecule has 7 heteroatoms. The van der Waals surface area contributed by atoms with Gasteiger partial charge in [-0.05, 0) is 31.0 Å². The zero-order chi connectivity index (χ0) is 14.8. The zero-order valence-electron chi connectivity index (χ0n) is 12.1. The van der Waals surface area contributed by atoms with Gasteiger partial charge in [0, 0.05) is 30.9 Å². The van der Waals surface area contributed by atoms with Crippen LogP contribution in [-0.4, -0.2) is 36.1 Å². The minimum absolute atomic E-state index is 0. The molecule has 1 saturated heterocycles. The quantitative estimate of drug-likeness (QED) is 0.814. The molecule has 1 aliphatic heterocycles. The van der Waals surface area contributed by atoms with E-state index >= 15 is 0 Å². The van der Waals surface area contributed by atoms with Crippen LogP contribution in [0.1, 0.15) is 25.7 Å². The van der Waals surface area contributed by atoms with Gasteiger partial charge in [0.15, 0.2) is 0 Å². The first-order valence-electron chi connectivity index (χ1n) is 7.41. The van der Waals surface area contributed by atoms with E-state index in [1.807, 2.05) is 4.90 Å². The van der Waals surface area contributed by atoms with E-state index in [1.165, 1.54) is 24.6 Å². The van der Waals surface area contributed by atoms with Crippen LogP contribution in [0.2, 0.25) is 5.02 Å². The van der Waals surface area contributed by atoms with Crippen LogP contribution in [0, 0.1) is 5.82 Å². The molecule has 0 unspecified atom stereocenters. The van der Waals surface area contributed by atoms with Crippen molar-refractivity contribution < 1.29 is 9.18 Å². The first kappa shape index (κ1) is 17.3. The molecular formula is C15H20Cl2FN3O. The van der Waals surface area contributed by atoms with E-state index in [-0.39, 0.29) is 29.5 Å². The molecule has 1 aliphatic carbocycles. The number of carbonyl (C=O) groups excluding carboxylic acids is 1. The number of nitrogens with zero attached hydrogens (tertiary/aromatic N) is 1. The number of hydrogen-bond acceptors (Lipinski definition) is 2. The van der Waals surface area contributed by atoms with Crippen molar-refractivity contribution in [3.8, 4) is 0 Å². The van der Waals surface area contributed by atoms with Crippen LogP contribution in [-0.2, 0) is 0 Å². The fourth-order valence-corrected chi connectivity index (χ4v) is 3.46. The van der Waals surface area contributed by atoms with Crippen LogP contribution >= 0.6 is 24.0 Å². The number of anilines is 1. The lowest BCUT2D eigenvalue weighted by Crippen LogP contribution is -2.61. The average molecular weight is 348 g/mol. The summed E-state index contributed by atoms with van der Waals surface area (Å²) in [4.78, 5) is 14.4. The standard InChI is InChI=1S/C15H19ClFN3O.ClH/c16-11-9-10(5-6-12(11)17)19-15(21)20-8-7-18-13-3-1-2-4-14(13)20;/h5-6,9,13-14,18H,1-4,7-8H2,(H,19,21);1H/t13-,14+;/m0./s1. The number of urea groups is 1. The molecule has 0 radical (unpaired) electrons. The summed E-state index contributed by atoms with van der Waals surface area (Å²) in [5, 5.41) is 6.33. The third-order valence-electron chi connectivity index (χ3n) is 4.32. The van der Waals surface area contributed by atoms with Crippen molar-refractivity contribution in [3.05, 3.63) is 29.0 Å². The molecule has 0 bridgehead atoms. The lowest BCUT2D eigenvalue weighted by atomic mass is 9.88. The van der Waals surface area contributed by atoms with Crippen LogP contribution in [0.5, 0.6) is 0 Å². The van der Waals surface area contributed by atoms with Crippen molar-refractivity contribution in [3.63, 3.8) is 0 Å². The van der Waals surface area contributed by atoms with Gasteiger partial charge in [0.2, 0.25) is 0 Å². The number of hydrogen-bond donors (Lipinski definition) is 2. The molecule has 122 valence electrons. The molecule has 2 aliphatic rings. The van der Waals surface area contributed by atoms with Crippen molar-refractivity contribution in [2.24, 2.45) is 0 Å². The van der Waals surface area contributed by atoms with Crippen LogP contribution in [0.3, 0.4) is 0 Å². The molecule has 4 nitrogen and oxygen atoms in total. The Labute approximate surface area is 140 Å². The molecule has 1 heterocycles. The van der Waals surface area contributed by atoms with Gasteiger partial charge in [-0.15, -0.1) is 12.4 Å². The Morgan fingerprint density at radius 3 is 2.91 bits per heavy atom. The zero-order valence-corrected chi connectivity index (χ0v) is 13.7. The van der Waals surface area contributed by atoms with Crippen LogP contribution < -0.4 is 10.6 Å². The van der Waals surface area contributed by atoms with E-state index in [2.05, 4.69) is 10.6 Å². The van der Waals surface area contributed by atoms with Crippen molar-refractivity contribution in [1.29, 1.82) is 0 Å². The highest BCUT2D eigenvalue weighted by Gasteiger charge is 2.35. The topological polar surface area (TPSA) is 44.4 Å². The molecule has 2 N–H and O–H groups in total. The Bertz CT molecular complexity index is 542. The summed E-state index contributed by atoms with van der Waals surface area (Å²) in [6, 6.07) is 4.75. The highest BCUT2D eigenvalue weighted by Crippen LogP contribution is 2.26. The van der Waals surface area contributed by atoms with Crippen LogP contribution in [0.25, 0.3) is 0 Å². The molecule has 22 heavy (non-hydrogen) atoms. The van der Waals surface area contributed by atoms with Gasteiger partial charge in [-0.3, -0.25) is 0 Å². The van der Waals surface area contributed by atoms with E-state index in [1.54, 1.807) is 0 Å². The molecule has 2 amide bonds. The Kier molecular flexibility index (Phi) is 5.89. The first-order chi connectivity index (χ1) is 10.1. The normalized spacial score (nSPS) is 24.2. The number of rotatable bonds is 1. The molecule has 0 aromatic heterocycles. The van der Waals surface area contributed by atoms with Crippen molar-refractivity contribution in [1.82, 2.24) is 10.2 Å². The SMILES string of the molecule is Cl.O=C(Nc1ccc(F)c(Cl)c1)N1CCN[C@H]2CCCC[C@H]21. The summed E-state index contributed by atoms with van der Waals surface area (Å²) in [5.41, 5.74) is 0.525. The minimum atomic E-state index is -0.482. The Morgan fingerprint density at radius 1 is 1.36 bits per heavy atom. The number of halogens is 3. The fourth-order valence-electron chi connectivity index (χ4n) is 3.28. The monoisotopic (exact) mass is 347 g/mol. The van der Waals surface area contributed by atoms with Crippen molar-refractivity contribution in [2.45, 2.75) is 37.8 Å². The number of carbonyl (C=O) groups is 1.